The van der Waals surface area contributed by atoms with Gasteiger partial charge in [0.25, 0.3) is 0 Å². The van der Waals surface area contributed by atoms with Gasteiger partial charge < -0.3 is 24.6 Å². The number of aliphatic hydroxyl groups excluding tert-OH is 2. The minimum absolute atomic E-state index is 0.177. The third kappa shape index (κ3) is 37.4. The summed E-state index contributed by atoms with van der Waals surface area (Å²) in [5, 5.41) is 19.1. The van der Waals surface area contributed by atoms with E-state index in [0.29, 0.717) is 12.8 Å². The zero-order valence-electron chi connectivity index (χ0n) is 34.4. The van der Waals surface area contributed by atoms with E-state index < -0.39 is 58.4 Å². The first-order chi connectivity index (χ1) is 26.3. The van der Waals surface area contributed by atoms with Crippen molar-refractivity contribution in [3.05, 3.63) is 24.3 Å². The van der Waals surface area contributed by atoms with Crippen molar-refractivity contribution in [3.8, 4) is 0 Å². The molecule has 318 valence electrons. The number of esters is 2. The average Bonchev–Trinajstić information content (AvgIpc) is 3.16. The SMILES string of the molecule is CCC/C=C\C/C=C\CCCCCCCC(=O)OC(CO)COP(=O)(O)OCC(CO)OC(=O)CCCCCCCCCCCCCCCCCCCC. The van der Waals surface area contributed by atoms with Gasteiger partial charge in [-0.05, 0) is 38.5 Å². The Morgan fingerprint density at radius 2 is 0.852 bits per heavy atom. The fourth-order valence-electron chi connectivity index (χ4n) is 6.04. The Labute approximate surface area is 329 Å². The number of aliphatic hydroxyl groups is 2. The maximum absolute atomic E-state index is 12.3. The second-order valence-electron chi connectivity index (χ2n) is 14.7. The van der Waals surface area contributed by atoms with Crippen LogP contribution in [0.1, 0.15) is 200 Å². The zero-order chi connectivity index (χ0) is 39.8. The minimum atomic E-state index is -4.63. The van der Waals surface area contributed by atoms with E-state index in [9.17, 15) is 29.3 Å². The van der Waals surface area contributed by atoms with Crippen molar-refractivity contribution in [1.82, 2.24) is 0 Å². The topological polar surface area (TPSA) is 149 Å². The zero-order valence-corrected chi connectivity index (χ0v) is 35.3. The number of allylic oxidation sites excluding steroid dienone is 4. The number of rotatable bonds is 41. The molecular weight excluding hydrogens is 707 g/mol. The van der Waals surface area contributed by atoms with Crippen LogP contribution in [0.4, 0.5) is 0 Å². The molecule has 0 saturated carbocycles. The highest BCUT2D eigenvalue weighted by atomic mass is 31.2. The number of phosphoric acid groups is 1. The second-order valence-corrected chi connectivity index (χ2v) is 16.1. The van der Waals surface area contributed by atoms with Crippen LogP contribution in [0.3, 0.4) is 0 Å². The lowest BCUT2D eigenvalue weighted by molar-refractivity contribution is -0.153. The molecule has 0 amide bonds. The lowest BCUT2D eigenvalue weighted by Gasteiger charge is -2.20. The lowest BCUT2D eigenvalue weighted by Crippen LogP contribution is -2.28. The first kappa shape index (κ1) is 52.5. The smallest absolute Gasteiger partial charge is 0.457 e. The molecule has 0 aromatic carbocycles. The molecule has 0 aliphatic heterocycles. The van der Waals surface area contributed by atoms with Gasteiger partial charge >= 0.3 is 19.8 Å². The molecule has 11 heteroatoms. The number of ether oxygens (including phenoxy) is 2. The molecule has 0 aliphatic carbocycles. The molecule has 0 fully saturated rings. The Balaban J connectivity index is 3.89. The molecule has 0 heterocycles. The second kappa shape index (κ2) is 39.7. The lowest BCUT2D eigenvalue weighted by atomic mass is 10.0. The number of unbranched alkanes of at least 4 members (excludes halogenated alkanes) is 23. The van der Waals surface area contributed by atoms with Crippen LogP contribution >= 0.6 is 7.82 Å². The summed E-state index contributed by atoms with van der Waals surface area (Å²) in [7, 11) is -4.63. The van der Waals surface area contributed by atoms with Crippen LogP contribution in [-0.4, -0.2) is 65.7 Å². The summed E-state index contributed by atoms with van der Waals surface area (Å²) in [5.74, 6) is -1.03. The molecule has 3 atom stereocenters. The first-order valence-electron chi connectivity index (χ1n) is 21.8. The van der Waals surface area contributed by atoms with Crippen molar-refractivity contribution in [2.45, 2.75) is 212 Å². The van der Waals surface area contributed by atoms with E-state index in [-0.39, 0.29) is 12.8 Å². The van der Waals surface area contributed by atoms with Gasteiger partial charge in [0.1, 0.15) is 12.2 Å². The van der Waals surface area contributed by atoms with Gasteiger partial charge in [0.2, 0.25) is 0 Å². The Bertz CT molecular complexity index is 957. The van der Waals surface area contributed by atoms with Crippen molar-refractivity contribution in [1.29, 1.82) is 0 Å². The predicted molar refractivity (Wildman–Crippen MR) is 219 cm³/mol. The molecule has 0 rings (SSSR count). The van der Waals surface area contributed by atoms with Crippen LogP contribution in [0.25, 0.3) is 0 Å². The van der Waals surface area contributed by atoms with Gasteiger partial charge in [-0.15, -0.1) is 0 Å². The summed E-state index contributed by atoms with van der Waals surface area (Å²) in [6.45, 7) is 2.14. The third-order valence-corrected chi connectivity index (χ3v) is 10.3. The van der Waals surface area contributed by atoms with Crippen LogP contribution in [0.5, 0.6) is 0 Å². The summed E-state index contributed by atoms with van der Waals surface area (Å²) in [4.78, 5) is 34.5. The minimum Gasteiger partial charge on any atom is -0.457 e. The molecule has 0 bridgehead atoms. The van der Waals surface area contributed by atoms with Crippen molar-refractivity contribution in [2.24, 2.45) is 0 Å². The molecular formula is C43H81O10P. The standard InChI is InChI=1S/C43H81O10P/c1-3-5-7-9-11-13-15-17-18-19-20-21-23-25-27-29-31-33-35-43(47)53-41(37-45)39-51-54(48,49)50-38-40(36-44)52-42(46)34-32-30-28-26-24-22-16-14-12-10-8-6-4-2/h8,10,14,16,40-41,44-45H,3-7,9,11-13,15,17-39H2,1-2H3,(H,48,49)/b10-8-,16-14-. The summed E-state index contributed by atoms with van der Waals surface area (Å²) < 4.78 is 32.5. The van der Waals surface area contributed by atoms with E-state index in [1.807, 2.05) is 0 Å². The van der Waals surface area contributed by atoms with Crippen molar-refractivity contribution in [2.75, 3.05) is 26.4 Å². The average molecular weight is 789 g/mol. The Morgan fingerprint density at radius 1 is 0.500 bits per heavy atom. The van der Waals surface area contributed by atoms with Gasteiger partial charge in [-0.3, -0.25) is 18.6 Å². The van der Waals surface area contributed by atoms with Crippen LogP contribution in [0, 0.1) is 0 Å². The van der Waals surface area contributed by atoms with E-state index in [4.69, 9.17) is 18.5 Å². The maximum atomic E-state index is 12.3. The van der Waals surface area contributed by atoms with Gasteiger partial charge in [-0.2, -0.15) is 0 Å². The van der Waals surface area contributed by atoms with E-state index in [1.54, 1.807) is 0 Å². The van der Waals surface area contributed by atoms with Crippen LogP contribution in [0.2, 0.25) is 0 Å². The summed E-state index contributed by atoms with van der Waals surface area (Å²) in [6.07, 6.45) is 38.7. The highest BCUT2D eigenvalue weighted by Gasteiger charge is 2.27. The summed E-state index contributed by atoms with van der Waals surface area (Å²) in [5.41, 5.74) is 0. The van der Waals surface area contributed by atoms with Crippen LogP contribution in [-0.2, 0) is 32.7 Å². The van der Waals surface area contributed by atoms with Crippen molar-refractivity contribution < 1.29 is 47.8 Å². The van der Waals surface area contributed by atoms with Crippen molar-refractivity contribution >= 4 is 19.8 Å². The first-order valence-corrected chi connectivity index (χ1v) is 23.3. The van der Waals surface area contributed by atoms with Gasteiger partial charge in [0, 0.05) is 12.8 Å². The number of phosphoric ester groups is 1. The van der Waals surface area contributed by atoms with E-state index >= 15 is 0 Å². The predicted octanol–water partition coefficient (Wildman–Crippen LogP) is 11.4. The fraction of sp³-hybridized carbons (Fsp3) is 0.860. The summed E-state index contributed by atoms with van der Waals surface area (Å²) in [6, 6.07) is 0. The molecule has 0 radical (unpaired) electrons. The normalized spacial score (nSPS) is 14.1. The van der Waals surface area contributed by atoms with Crippen molar-refractivity contribution in [3.63, 3.8) is 0 Å². The molecule has 0 spiro atoms. The molecule has 3 unspecified atom stereocenters. The van der Waals surface area contributed by atoms with Gasteiger partial charge in [0.05, 0.1) is 26.4 Å². The number of carbonyl (C=O) groups excluding carboxylic acids is 2. The molecule has 3 N–H and O–H groups in total. The molecule has 10 nitrogen and oxygen atoms in total. The third-order valence-electron chi connectivity index (χ3n) is 9.40. The van der Waals surface area contributed by atoms with Crippen LogP contribution in [0.15, 0.2) is 24.3 Å². The number of carbonyl (C=O) groups is 2. The molecule has 0 aromatic rings. The number of hydrogen-bond acceptors (Lipinski definition) is 9. The summed E-state index contributed by atoms with van der Waals surface area (Å²) >= 11 is 0. The Kier molecular flexibility index (Phi) is 38.5. The highest BCUT2D eigenvalue weighted by molar-refractivity contribution is 7.47. The van der Waals surface area contributed by atoms with Gasteiger partial charge in [-0.25, -0.2) is 4.57 Å². The molecule has 0 aliphatic rings. The largest absolute Gasteiger partial charge is 0.472 e. The monoisotopic (exact) mass is 789 g/mol. The highest BCUT2D eigenvalue weighted by Crippen LogP contribution is 2.43. The van der Waals surface area contributed by atoms with E-state index in [0.717, 1.165) is 64.2 Å². The fourth-order valence-corrected chi connectivity index (χ4v) is 6.82. The van der Waals surface area contributed by atoms with E-state index in [1.165, 1.54) is 96.3 Å². The number of hydrogen-bond donors (Lipinski definition) is 3. The van der Waals surface area contributed by atoms with Gasteiger partial charge in [0.15, 0.2) is 0 Å². The van der Waals surface area contributed by atoms with E-state index in [2.05, 4.69) is 38.2 Å². The van der Waals surface area contributed by atoms with Gasteiger partial charge in [-0.1, -0.05) is 173 Å². The molecule has 0 saturated heterocycles. The Hall–Kier alpha value is -1.55. The molecule has 0 aromatic heterocycles. The quantitative estimate of drug-likeness (QED) is 0.0236. The molecule has 54 heavy (non-hydrogen) atoms. The maximum Gasteiger partial charge on any atom is 0.472 e. The Morgan fingerprint density at radius 3 is 1.22 bits per heavy atom. The van der Waals surface area contributed by atoms with Crippen LogP contribution < -0.4 is 0 Å².